The number of furan rings is 1. The molecule has 1 heterocycles. The Morgan fingerprint density at radius 1 is 1.65 bits per heavy atom. The fraction of sp³-hybridized carbons (Fsp3) is 0.182. The number of amides is 1. The number of carbonyl (C=O) groups excluding carboxylic acids is 1. The Morgan fingerprint density at radius 2 is 2.47 bits per heavy atom. The third-order valence-electron chi connectivity index (χ3n) is 1.77. The molecule has 1 aromatic rings. The zero-order valence-corrected chi connectivity index (χ0v) is 9.30. The summed E-state index contributed by atoms with van der Waals surface area (Å²) >= 11 is 0. The van der Waals surface area contributed by atoms with E-state index in [9.17, 15) is 4.79 Å². The summed E-state index contributed by atoms with van der Waals surface area (Å²) in [5.41, 5.74) is 4.93. The van der Waals surface area contributed by atoms with Crippen LogP contribution < -0.4 is 10.9 Å². The number of hydrogen-bond acceptors (Lipinski definition) is 4. The normalized spacial score (nSPS) is 11.2. The molecule has 88 valence electrons. The Balaban J connectivity index is 2.59. The van der Waals surface area contributed by atoms with Crippen molar-refractivity contribution in [1.29, 1.82) is 5.26 Å². The Morgan fingerprint density at radius 3 is 3.06 bits per heavy atom. The van der Waals surface area contributed by atoms with Crippen LogP contribution in [0.1, 0.15) is 19.1 Å². The third-order valence-corrected chi connectivity index (χ3v) is 1.77. The van der Waals surface area contributed by atoms with Gasteiger partial charge in [0.15, 0.2) is 5.84 Å². The molecule has 0 atom stereocenters. The molecule has 0 aliphatic rings. The molecule has 0 bridgehead atoms. The van der Waals surface area contributed by atoms with E-state index in [1.165, 1.54) is 12.3 Å². The average molecular weight is 232 g/mol. The van der Waals surface area contributed by atoms with Crippen molar-refractivity contribution >= 4 is 17.8 Å². The van der Waals surface area contributed by atoms with Crippen LogP contribution in [0, 0.1) is 11.5 Å². The average Bonchev–Trinajstić information content (AvgIpc) is 2.85. The maximum Gasteiger partial charge on any atom is 0.238 e. The van der Waals surface area contributed by atoms with Crippen molar-refractivity contribution in [2.24, 2.45) is 4.99 Å². The standard InChI is InChI=1S/C11H12N4O2/c1-2-11(16)15-14-10(13-8-12)6-5-9-4-3-7-17-9/h3-7H,2H2,1H3,(H,13,14)(H,15,16)/b6-5+. The summed E-state index contributed by atoms with van der Waals surface area (Å²) in [6.07, 6.45) is 6.66. The van der Waals surface area contributed by atoms with E-state index in [0.29, 0.717) is 12.2 Å². The molecule has 1 amide bonds. The molecule has 1 aromatic heterocycles. The summed E-state index contributed by atoms with van der Waals surface area (Å²) in [5, 5.41) is 8.47. The first kappa shape index (κ1) is 12.5. The van der Waals surface area contributed by atoms with E-state index < -0.39 is 0 Å². The van der Waals surface area contributed by atoms with E-state index in [2.05, 4.69) is 15.8 Å². The van der Waals surface area contributed by atoms with Gasteiger partial charge in [-0.2, -0.15) is 10.3 Å². The molecule has 0 spiro atoms. The number of nitrogens with zero attached hydrogens (tertiary/aromatic N) is 2. The summed E-state index contributed by atoms with van der Waals surface area (Å²) in [6.45, 7) is 1.72. The number of hydrogen-bond donors (Lipinski definition) is 2. The first-order valence-electron chi connectivity index (χ1n) is 4.99. The molecule has 6 nitrogen and oxygen atoms in total. The fourth-order valence-corrected chi connectivity index (χ4v) is 0.930. The number of nitrogens with one attached hydrogen (secondary N) is 2. The zero-order chi connectivity index (χ0) is 12.5. The topological polar surface area (TPSA) is 90.4 Å². The van der Waals surface area contributed by atoms with Crippen LogP contribution in [0.3, 0.4) is 0 Å². The third kappa shape index (κ3) is 4.66. The van der Waals surface area contributed by atoms with Crippen molar-refractivity contribution in [3.05, 3.63) is 30.2 Å². The molecule has 0 fully saturated rings. The Hall–Kier alpha value is -2.55. The van der Waals surface area contributed by atoms with Crippen LogP contribution in [0.15, 0.2) is 33.9 Å². The van der Waals surface area contributed by atoms with Crippen LogP contribution in [0.25, 0.3) is 6.08 Å². The minimum atomic E-state index is -0.193. The van der Waals surface area contributed by atoms with Gasteiger partial charge in [0, 0.05) is 6.42 Å². The van der Waals surface area contributed by atoms with Gasteiger partial charge in [-0.15, -0.1) is 0 Å². The second kappa shape index (κ2) is 6.85. The molecule has 0 saturated heterocycles. The van der Waals surface area contributed by atoms with Crippen molar-refractivity contribution in [1.82, 2.24) is 10.9 Å². The van der Waals surface area contributed by atoms with Crippen molar-refractivity contribution < 1.29 is 9.21 Å². The number of hydrazine groups is 1. The Bertz CT molecular complexity index is 454. The van der Waals surface area contributed by atoms with E-state index >= 15 is 0 Å². The lowest BCUT2D eigenvalue weighted by atomic mass is 10.4. The van der Waals surface area contributed by atoms with Crippen molar-refractivity contribution in [3.63, 3.8) is 0 Å². The molecule has 0 unspecified atom stereocenters. The maximum absolute atomic E-state index is 11.0. The van der Waals surface area contributed by atoms with Gasteiger partial charge in [0.05, 0.1) is 6.26 Å². The summed E-state index contributed by atoms with van der Waals surface area (Å²) in [5.74, 6) is 0.659. The fourth-order valence-electron chi connectivity index (χ4n) is 0.930. The van der Waals surface area contributed by atoms with Crippen molar-refractivity contribution in [2.75, 3.05) is 0 Å². The minimum Gasteiger partial charge on any atom is -0.465 e. The first-order valence-corrected chi connectivity index (χ1v) is 4.99. The second-order valence-electron chi connectivity index (χ2n) is 2.97. The van der Waals surface area contributed by atoms with Crippen molar-refractivity contribution in [2.45, 2.75) is 13.3 Å². The van der Waals surface area contributed by atoms with Crippen LogP contribution in [0.4, 0.5) is 0 Å². The van der Waals surface area contributed by atoms with Crippen LogP contribution in [0.5, 0.6) is 0 Å². The largest absolute Gasteiger partial charge is 0.465 e. The Labute approximate surface area is 98.6 Å². The summed E-state index contributed by atoms with van der Waals surface area (Å²) in [4.78, 5) is 14.5. The van der Waals surface area contributed by atoms with Gasteiger partial charge in [0.25, 0.3) is 0 Å². The SMILES string of the molecule is CCC(=O)NNC(/C=C/c1ccco1)=N/C#N. The van der Waals surface area contributed by atoms with Gasteiger partial charge < -0.3 is 4.42 Å². The summed E-state index contributed by atoms with van der Waals surface area (Å²) < 4.78 is 5.07. The number of carbonyl (C=O) groups is 1. The van der Waals surface area contributed by atoms with Gasteiger partial charge in [-0.05, 0) is 24.3 Å². The number of nitriles is 1. The summed E-state index contributed by atoms with van der Waals surface area (Å²) in [7, 11) is 0. The number of rotatable bonds is 3. The van der Waals surface area contributed by atoms with Crippen LogP contribution in [-0.4, -0.2) is 11.7 Å². The highest BCUT2D eigenvalue weighted by molar-refractivity contribution is 5.97. The van der Waals surface area contributed by atoms with Crippen LogP contribution >= 0.6 is 0 Å². The molecule has 0 aliphatic heterocycles. The van der Waals surface area contributed by atoms with Gasteiger partial charge in [-0.25, -0.2) is 0 Å². The molecular weight excluding hydrogens is 220 g/mol. The molecular formula is C11H12N4O2. The van der Waals surface area contributed by atoms with Gasteiger partial charge >= 0.3 is 0 Å². The molecule has 1 rings (SSSR count). The highest BCUT2D eigenvalue weighted by atomic mass is 16.3. The predicted octanol–water partition coefficient (Wildman–Crippen LogP) is 1.20. The maximum atomic E-state index is 11.0. The smallest absolute Gasteiger partial charge is 0.238 e. The first-order chi connectivity index (χ1) is 8.26. The lowest BCUT2D eigenvalue weighted by Crippen LogP contribution is -2.40. The highest BCUT2D eigenvalue weighted by Crippen LogP contribution is 2.01. The molecule has 0 aromatic carbocycles. The molecule has 6 heteroatoms. The predicted molar refractivity (Wildman–Crippen MR) is 62.4 cm³/mol. The molecule has 2 N–H and O–H groups in total. The lowest BCUT2D eigenvalue weighted by molar-refractivity contribution is -0.121. The molecule has 17 heavy (non-hydrogen) atoms. The van der Waals surface area contributed by atoms with Crippen LogP contribution in [0.2, 0.25) is 0 Å². The van der Waals surface area contributed by atoms with E-state index in [0.717, 1.165) is 0 Å². The second-order valence-corrected chi connectivity index (χ2v) is 2.97. The van der Waals surface area contributed by atoms with E-state index in [1.807, 2.05) is 0 Å². The zero-order valence-electron chi connectivity index (χ0n) is 9.30. The van der Waals surface area contributed by atoms with E-state index in [-0.39, 0.29) is 11.7 Å². The quantitative estimate of drug-likeness (QED) is 0.354. The number of aliphatic imine (C=N–C) groups is 1. The van der Waals surface area contributed by atoms with Gasteiger partial charge in [-0.1, -0.05) is 6.92 Å². The van der Waals surface area contributed by atoms with E-state index in [1.54, 1.807) is 31.3 Å². The van der Waals surface area contributed by atoms with Crippen LogP contribution in [-0.2, 0) is 4.79 Å². The highest BCUT2D eigenvalue weighted by Gasteiger charge is 1.98. The van der Waals surface area contributed by atoms with Gasteiger partial charge in [-0.3, -0.25) is 15.6 Å². The Kier molecular flexibility index (Phi) is 5.04. The monoisotopic (exact) mass is 232 g/mol. The lowest BCUT2D eigenvalue weighted by Gasteiger charge is -2.05. The summed E-state index contributed by atoms with van der Waals surface area (Å²) in [6, 6.07) is 3.50. The molecule has 0 aliphatic carbocycles. The van der Waals surface area contributed by atoms with Crippen molar-refractivity contribution in [3.8, 4) is 6.19 Å². The number of amidine groups is 1. The van der Waals surface area contributed by atoms with E-state index in [4.69, 9.17) is 9.68 Å². The minimum absolute atomic E-state index is 0.193. The molecule has 0 saturated carbocycles. The van der Waals surface area contributed by atoms with Gasteiger partial charge in [0.1, 0.15) is 5.76 Å². The van der Waals surface area contributed by atoms with Gasteiger partial charge in [0.2, 0.25) is 12.1 Å². The molecule has 0 radical (unpaired) electrons.